The summed E-state index contributed by atoms with van der Waals surface area (Å²) in [7, 11) is 5.62. The van der Waals surface area contributed by atoms with Crippen LogP contribution in [0, 0.1) is 0 Å². The summed E-state index contributed by atoms with van der Waals surface area (Å²) in [6, 6.07) is 21.8. The van der Waals surface area contributed by atoms with Gasteiger partial charge in [0.05, 0.1) is 23.9 Å². The summed E-state index contributed by atoms with van der Waals surface area (Å²) in [5, 5.41) is 6.12. The van der Waals surface area contributed by atoms with Crippen molar-refractivity contribution in [3.8, 4) is 17.0 Å². The SMILES string of the molecule is COc1ccc(-c2nc3c(C(=O)NCCN(C)C)cccc3c3ccccc23)cc1.Cl. The van der Waals surface area contributed by atoms with E-state index in [2.05, 4.69) is 17.4 Å². The van der Waals surface area contributed by atoms with Crippen LogP contribution >= 0.6 is 12.4 Å². The Bertz CT molecular complexity index is 1210. The first kappa shape index (κ1) is 22.5. The third kappa shape index (κ3) is 4.63. The number of rotatable bonds is 6. The molecule has 1 aromatic heterocycles. The second-order valence-corrected chi connectivity index (χ2v) is 7.50. The molecule has 0 saturated heterocycles. The summed E-state index contributed by atoms with van der Waals surface area (Å²) in [4.78, 5) is 19.9. The average molecular weight is 436 g/mol. The van der Waals surface area contributed by atoms with E-state index in [0.29, 0.717) is 17.6 Å². The lowest BCUT2D eigenvalue weighted by Crippen LogP contribution is -2.31. The van der Waals surface area contributed by atoms with Crippen LogP contribution in [0.3, 0.4) is 0 Å². The molecule has 0 aliphatic heterocycles. The number of benzene rings is 3. The van der Waals surface area contributed by atoms with Gasteiger partial charge in [0.15, 0.2) is 0 Å². The number of fused-ring (bicyclic) bond motifs is 3. The molecule has 3 aromatic carbocycles. The van der Waals surface area contributed by atoms with Crippen LogP contribution in [0.15, 0.2) is 66.7 Å². The average Bonchev–Trinajstić information content (AvgIpc) is 2.78. The number of hydrogen-bond donors (Lipinski definition) is 1. The van der Waals surface area contributed by atoms with Gasteiger partial charge in [-0.3, -0.25) is 4.79 Å². The maximum atomic E-state index is 12.9. The molecule has 31 heavy (non-hydrogen) atoms. The molecule has 5 nitrogen and oxygen atoms in total. The van der Waals surface area contributed by atoms with E-state index >= 15 is 0 Å². The number of pyridine rings is 1. The van der Waals surface area contributed by atoms with E-state index < -0.39 is 0 Å². The standard InChI is InChI=1S/C25H25N3O2.ClH/c1-28(2)16-15-26-25(29)22-10-6-9-21-19-7-4-5-8-20(19)23(27-24(21)22)17-11-13-18(30-3)14-12-17;/h4-14H,15-16H2,1-3H3,(H,26,29);1H. The normalized spacial score (nSPS) is 10.8. The van der Waals surface area contributed by atoms with Gasteiger partial charge in [-0.15, -0.1) is 12.4 Å². The number of hydrogen-bond acceptors (Lipinski definition) is 4. The van der Waals surface area contributed by atoms with E-state index in [4.69, 9.17) is 9.72 Å². The van der Waals surface area contributed by atoms with Crippen molar-refractivity contribution in [3.05, 3.63) is 72.3 Å². The second kappa shape index (κ2) is 9.77. The highest BCUT2D eigenvalue weighted by molar-refractivity contribution is 6.16. The third-order valence-electron chi connectivity index (χ3n) is 5.18. The third-order valence-corrected chi connectivity index (χ3v) is 5.18. The predicted octanol–water partition coefficient (Wildman–Crippen LogP) is 4.78. The molecule has 0 aliphatic carbocycles. The molecule has 4 rings (SSSR count). The molecule has 0 bridgehead atoms. The molecule has 6 heteroatoms. The Labute approximate surface area is 188 Å². The van der Waals surface area contributed by atoms with Crippen LogP contribution in [0.2, 0.25) is 0 Å². The van der Waals surface area contributed by atoms with Gasteiger partial charge in [0.2, 0.25) is 0 Å². The van der Waals surface area contributed by atoms with Gasteiger partial charge >= 0.3 is 0 Å². The van der Waals surface area contributed by atoms with Crippen molar-refractivity contribution >= 4 is 40.0 Å². The largest absolute Gasteiger partial charge is 0.497 e. The lowest BCUT2D eigenvalue weighted by Gasteiger charge is -2.14. The van der Waals surface area contributed by atoms with Crippen molar-refractivity contribution in [2.24, 2.45) is 0 Å². The van der Waals surface area contributed by atoms with Crippen molar-refractivity contribution < 1.29 is 9.53 Å². The lowest BCUT2D eigenvalue weighted by molar-refractivity contribution is 0.0952. The molecule has 0 fully saturated rings. The molecule has 4 aromatic rings. The van der Waals surface area contributed by atoms with Gasteiger partial charge in [0.25, 0.3) is 5.91 Å². The summed E-state index contributed by atoms with van der Waals surface area (Å²) in [6.45, 7) is 1.37. The summed E-state index contributed by atoms with van der Waals surface area (Å²) >= 11 is 0. The fourth-order valence-electron chi connectivity index (χ4n) is 3.62. The van der Waals surface area contributed by atoms with Crippen LogP contribution in [-0.2, 0) is 0 Å². The zero-order valence-electron chi connectivity index (χ0n) is 17.9. The molecular weight excluding hydrogens is 410 g/mol. The molecule has 1 amide bonds. The monoisotopic (exact) mass is 435 g/mol. The fraction of sp³-hybridized carbons (Fsp3) is 0.200. The van der Waals surface area contributed by atoms with E-state index in [-0.39, 0.29) is 18.3 Å². The van der Waals surface area contributed by atoms with Gasteiger partial charge in [-0.25, -0.2) is 4.98 Å². The van der Waals surface area contributed by atoms with Crippen molar-refractivity contribution in [1.29, 1.82) is 0 Å². The van der Waals surface area contributed by atoms with Crippen molar-refractivity contribution in [2.75, 3.05) is 34.3 Å². The summed E-state index contributed by atoms with van der Waals surface area (Å²) in [5.41, 5.74) is 3.14. The Balaban J connectivity index is 0.00000272. The van der Waals surface area contributed by atoms with Crippen LogP contribution in [0.25, 0.3) is 32.9 Å². The highest BCUT2D eigenvalue weighted by atomic mass is 35.5. The number of amides is 1. The highest BCUT2D eigenvalue weighted by Crippen LogP contribution is 2.34. The molecule has 0 radical (unpaired) electrons. The molecule has 0 spiro atoms. The maximum Gasteiger partial charge on any atom is 0.253 e. The van der Waals surface area contributed by atoms with Crippen molar-refractivity contribution in [3.63, 3.8) is 0 Å². The number of para-hydroxylation sites is 1. The summed E-state index contributed by atoms with van der Waals surface area (Å²) in [5.74, 6) is 0.690. The number of nitrogens with zero attached hydrogens (tertiary/aromatic N) is 2. The first-order valence-electron chi connectivity index (χ1n) is 9.97. The van der Waals surface area contributed by atoms with Gasteiger partial charge in [0, 0.05) is 29.4 Å². The molecule has 1 N–H and O–H groups in total. The van der Waals surface area contributed by atoms with E-state index in [1.165, 1.54) is 0 Å². The number of nitrogens with one attached hydrogen (secondary N) is 1. The number of carbonyl (C=O) groups excluding carboxylic acids is 1. The summed E-state index contributed by atoms with van der Waals surface area (Å²) < 4.78 is 5.29. The molecular formula is C25H26ClN3O2. The van der Waals surface area contributed by atoms with Crippen LogP contribution < -0.4 is 10.1 Å². The highest BCUT2D eigenvalue weighted by Gasteiger charge is 2.16. The molecule has 0 atom stereocenters. The van der Waals surface area contributed by atoms with Crippen LogP contribution in [-0.4, -0.2) is 50.1 Å². The van der Waals surface area contributed by atoms with Crippen molar-refractivity contribution in [1.82, 2.24) is 15.2 Å². The maximum absolute atomic E-state index is 12.9. The number of halogens is 1. The molecule has 1 heterocycles. The van der Waals surface area contributed by atoms with Crippen molar-refractivity contribution in [2.45, 2.75) is 0 Å². The molecule has 0 aliphatic rings. The van der Waals surface area contributed by atoms with Crippen LogP contribution in [0.5, 0.6) is 5.75 Å². The zero-order chi connectivity index (χ0) is 21.1. The minimum atomic E-state index is -0.106. The molecule has 0 saturated carbocycles. The Morgan fingerprint density at radius 2 is 1.61 bits per heavy atom. The number of carbonyl (C=O) groups is 1. The van der Waals surface area contributed by atoms with Gasteiger partial charge in [0.1, 0.15) is 5.75 Å². The first-order chi connectivity index (χ1) is 14.6. The smallest absolute Gasteiger partial charge is 0.253 e. The van der Waals surface area contributed by atoms with Gasteiger partial charge in [-0.05, 0) is 49.8 Å². The van der Waals surface area contributed by atoms with E-state index in [1.807, 2.05) is 73.6 Å². The minimum Gasteiger partial charge on any atom is -0.497 e. The molecule has 160 valence electrons. The fourth-order valence-corrected chi connectivity index (χ4v) is 3.62. The van der Waals surface area contributed by atoms with E-state index in [1.54, 1.807) is 7.11 Å². The van der Waals surface area contributed by atoms with Gasteiger partial charge in [-0.2, -0.15) is 0 Å². The Morgan fingerprint density at radius 3 is 2.29 bits per heavy atom. The topological polar surface area (TPSA) is 54.5 Å². The zero-order valence-corrected chi connectivity index (χ0v) is 18.7. The Hall–Kier alpha value is -3.15. The lowest BCUT2D eigenvalue weighted by atomic mass is 9.98. The molecule has 0 unspecified atom stereocenters. The van der Waals surface area contributed by atoms with Gasteiger partial charge in [-0.1, -0.05) is 36.4 Å². The second-order valence-electron chi connectivity index (χ2n) is 7.50. The quantitative estimate of drug-likeness (QED) is 0.443. The Kier molecular flexibility index (Phi) is 7.10. The number of aromatic nitrogens is 1. The van der Waals surface area contributed by atoms with E-state index in [9.17, 15) is 4.79 Å². The number of ether oxygens (including phenoxy) is 1. The first-order valence-corrected chi connectivity index (χ1v) is 9.97. The summed E-state index contributed by atoms with van der Waals surface area (Å²) in [6.07, 6.45) is 0. The van der Waals surface area contributed by atoms with Crippen LogP contribution in [0.4, 0.5) is 0 Å². The minimum absolute atomic E-state index is 0. The predicted molar refractivity (Wildman–Crippen MR) is 129 cm³/mol. The van der Waals surface area contributed by atoms with Crippen LogP contribution in [0.1, 0.15) is 10.4 Å². The number of methoxy groups -OCH3 is 1. The Morgan fingerprint density at radius 1 is 0.935 bits per heavy atom. The van der Waals surface area contributed by atoms with E-state index in [0.717, 1.165) is 39.7 Å². The van der Waals surface area contributed by atoms with Gasteiger partial charge < -0.3 is 15.0 Å². The number of likely N-dealkylation sites (N-methyl/N-ethyl adjacent to an activating group) is 1.